The molecule has 0 atom stereocenters. The highest BCUT2D eigenvalue weighted by molar-refractivity contribution is 7.92. The van der Waals surface area contributed by atoms with Crippen molar-refractivity contribution in [2.24, 2.45) is 5.18 Å². The number of benzene rings is 2. The number of amides is 1. The fraction of sp³-hybridized carbons (Fsp3) is 0.100. The predicted octanol–water partition coefficient (Wildman–Crippen LogP) is 3.42. The Morgan fingerprint density at radius 1 is 1.00 bits per heavy atom. The zero-order chi connectivity index (χ0) is 23.3. The molecule has 3 rings (SSSR count). The third-order valence-corrected chi connectivity index (χ3v) is 5.65. The van der Waals surface area contributed by atoms with Gasteiger partial charge in [-0.15, -0.1) is 4.91 Å². The lowest BCUT2D eigenvalue weighted by Gasteiger charge is -2.11. The first-order valence-corrected chi connectivity index (χ1v) is 11.1. The molecule has 0 saturated carbocycles. The molecule has 0 aliphatic rings. The lowest BCUT2D eigenvalue weighted by Crippen LogP contribution is -2.34. The standard InChI is InChI=1S/C20H18N6O4S2/c1-12-11-13(2)22-19(21-12)26-32(29,30)15-9-7-14(8-10-15)23-20(31)24-18(27)16-5-3-4-6-17(16)25-28/h3-11H,1-2H3,(H,21,22,26)(H2,23,24,27,31). The maximum atomic E-state index is 12.6. The number of sulfonamides is 1. The van der Waals surface area contributed by atoms with Crippen molar-refractivity contribution in [2.45, 2.75) is 18.7 Å². The third-order valence-electron chi connectivity index (χ3n) is 4.10. The van der Waals surface area contributed by atoms with Crippen LogP contribution >= 0.6 is 12.2 Å². The van der Waals surface area contributed by atoms with Gasteiger partial charge in [0.1, 0.15) is 5.69 Å². The number of thiocarbonyl (C=S) groups is 1. The van der Waals surface area contributed by atoms with Crippen LogP contribution in [0.25, 0.3) is 0 Å². The Labute approximate surface area is 189 Å². The lowest BCUT2D eigenvalue weighted by atomic mass is 10.2. The molecule has 2 aromatic carbocycles. The molecule has 1 heterocycles. The molecule has 0 unspecified atom stereocenters. The van der Waals surface area contributed by atoms with E-state index in [9.17, 15) is 18.1 Å². The molecule has 32 heavy (non-hydrogen) atoms. The topological polar surface area (TPSA) is 143 Å². The Morgan fingerprint density at radius 3 is 2.25 bits per heavy atom. The van der Waals surface area contributed by atoms with Crippen molar-refractivity contribution in [3.8, 4) is 0 Å². The van der Waals surface area contributed by atoms with Crippen molar-refractivity contribution in [1.82, 2.24) is 15.3 Å². The molecule has 0 aliphatic heterocycles. The normalized spacial score (nSPS) is 10.8. The molecule has 0 aliphatic carbocycles. The van der Waals surface area contributed by atoms with Gasteiger partial charge in [-0.3, -0.25) is 10.1 Å². The van der Waals surface area contributed by atoms with Gasteiger partial charge in [0.2, 0.25) is 5.95 Å². The van der Waals surface area contributed by atoms with Gasteiger partial charge in [0, 0.05) is 17.1 Å². The number of nitrogens with zero attached hydrogens (tertiary/aromatic N) is 3. The zero-order valence-electron chi connectivity index (χ0n) is 17.0. The van der Waals surface area contributed by atoms with Crippen molar-refractivity contribution in [1.29, 1.82) is 0 Å². The average Bonchev–Trinajstić information content (AvgIpc) is 2.72. The van der Waals surface area contributed by atoms with E-state index in [0.717, 1.165) is 0 Å². The number of aromatic nitrogens is 2. The van der Waals surface area contributed by atoms with Gasteiger partial charge < -0.3 is 5.32 Å². The van der Waals surface area contributed by atoms with Crippen LogP contribution in [-0.2, 0) is 10.0 Å². The molecule has 10 nitrogen and oxygen atoms in total. The highest BCUT2D eigenvalue weighted by Gasteiger charge is 2.17. The van der Waals surface area contributed by atoms with Crippen LogP contribution in [0.3, 0.4) is 0 Å². The van der Waals surface area contributed by atoms with Crippen molar-refractivity contribution in [3.05, 3.63) is 76.5 Å². The molecule has 1 amide bonds. The fourth-order valence-electron chi connectivity index (χ4n) is 2.75. The van der Waals surface area contributed by atoms with Crippen molar-refractivity contribution in [3.63, 3.8) is 0 Å². The second-order valence-corrected chi connectivity index (χ2v) is 8.71. The van der Waals surface area contributed by atoms with Crippen LogP contribution in [0.4, 0.5) is 17.3 Å². The minimum atomic E-state index is -3.90. The first-order chi connectivity index (χ1) is 15.2. The minimum Gasteiger partial charge on any atom is -0.332 e. The Balaban J connectivity index is 1.66. The first kappa shape index (κ1) is 22.9. The van der Waals surface area contributed by atoms with Gasteiger partial charge in [-0.25, -0.2) is 23.1 Å². The van der Waals surface area contributed by atoms with Crippen molar-refractivity contribution in [2.75, 3.05) is 10.0 Å². The van der Waals surface area contributed by atoms with E-state index in [0.29, 0.717) is 17.1 Å². The summed E-state index contributed by atoms with van der Waals surface area (Å²) in [5.74, 6) is -0.617. The maximum Gasteiger partial charge on any atom is 0.264 e. The Kier molecular flexibility index (Phi) is 6.85. The molecule has 0 spiro atoms. The van der Waals surface area contributed by atoms with Gasteiger partial charge in [-0.05, 0) is 73.7 Å². The van der Waals surface area contributed by atoms with Gasteiger partial charge in [0.25, 0.3) is 15.9 Å². The smallest absolute Gasteiger partial charge is 0.264 e. The molecule has 0 radical (unpaired) electrons. The molecule has 0 bridgehead atoms. The van der Waals surface area contributed by atoms with Crippen LogP contribution in [0, 0.1) is 18.8 Å². The summed E-state index contributed by atoms with van der Waals surface area (Å²) in [6.07, 6.45) is 0. The van der Waals surface area contributed by atoms with E-state index in [2.05, 4.69) is 30.5 Å². The number of anilines is 2. The Hall–Kier alpha value is -3.77. The molecule has 0 saturated heterocycles. The maximum absolute atomic E-state index is 12.6. The number of carbonyl (C=O) groups is 1. The predicted molar refractivity (Wildman–Crippen MR) is 124 cm³/mol. The summed E-state index contributed by atoms with van der Waals surface area (Å²) >= 11 is 5.11. The third kappa shape index (κ3) is 5.68. The Bertz CT molecular complexity index is 1270. The number of rotatable bonds is 6. The van der Waals surface area contributed by atoms with Crippen molar-refractivity contribution >= 4 is 50.6 Å². The number of carbonyl (C=O) groups excluding carboxylic acids is 1. The highest BCUT2D eigenvalue weighted by Crippen LogP contribution is 2.19. The Morgan fingerprint density at radius 2 is 1.62 bits per heavy atom. The van der Waals surface area contributed by atoms with E-state index in [1.165, 1.54) is 36.4 Å². The molecule has 1 aromatic heterocycles. The van der Waals surface area contributed by atoms with E-state index in [1.807, 2.05) is 0 Å². The van der Waals surface area contributed by atoms with Gasteiger partial charge >= 0.3 is 0 Å². The van der Waals surface area contributed by atoms with Gasteiger partial charge in [-0.2, -0.15) is 0 Å². The number of aryl methyl sites for hydroxylation is 2. The van der Waals surface area contributed by atoms with Crippen LogP contribution in [0.15, 0.2) is 64.7 Å². The van der Waals surface area contributed by atoms with Gasteiger partial charge in [0.05, 0.1) is 10.5 Å². The lowest BCUT2D eigenvalue weighted by molar-refractivity contribution is 0.0978. The molecule has 0 fully saturated rings. The molecule has 3 N–H and O–H groups in total. The minimum absolute atomic E-state index is 0.00764. The first-order valence-electron chi connectivity index (χ1n) is 9.18. The van der Waals surface area contributed by atoms with Crippen LogP contribution in [0.5, 0.6) is 0 Å². The average molecular weight is 471 g/mol. The van der Waals surface area contributed by atoms with Crippen molar-refractivity contribution < 1.29 is 13.2 Å². The van der Waals surface area contributed by atoms with E-state index in [1.54, 1.807) is 32.0 Å². The van der Waals surface area contributed by atoms with E-state index < -0.39 is 15.9 Å². The number of nitrogens with one attached hydrogen (secondary N) is 3. The molecular weight excluding hydrogens is 452 g/mol. The summed E-state index contributed by atoms with van der Waals surface area (Å²) in [6.45, 7) is 3.48. The highest BCUT2D eigenvalue weighted by atomic mass is 32.2. The molecule has 3 aromatic rings. The fourth-order valence-corrected chi connectivity index (χ4v) is 3.90. The zero-order valence-corrected chi connectivity index (χ0v) is 18.6. The summed E-state index contributed by atoms with van der Waals surface area (Å²) in [4.78, 5) is 31.3. The second kappa shape index (κ2) is 9.58. The van der Waals surface area contributed by atoms with E-state index in [-0.39, 0.29) is 27.2 Å². The van der Waals surface area contributed by atoms with Crippen LogP contribution in [-0.4, -0.2) is 29.4 Å². The SMILES string of the molecule is Cc1cc(C)nc(NS(=O)(=O)c2ccc(NC(=S)NC(=O)c3ccccc3N=O)cc2)n1. The quantitative estimate of drug-likeness (QED) is 0.367. The molecule has 164 valence electrons. The second-order valence-electron chi connectivity index (χ2n) is 6.62. The van der Waals surface area contributed by atoms with Crippen LogP contribution < -0.4 is 15.4 Å². The summed E-state index contributed by atoms with van der Waals surface area (Å²) in [7, 11) is -3.90. The van der Waals surface area contributed by atoms with Gasteiger partial charge in [0.15, 0.2) is 5.11 Å². The van der Waals surface area contributed by atoms with E-state index in [4.69, 9.17) is 12.2 Å². The summed E-state index contributed by atoms with van der Waals surface area (Å²) in [6, 6.07) is 13.5. The molecule has 12 heteroatoms. The summed E-state index contributed by atoms with van der Waals surface area (Å²) < 4.78 is 27.5. The number of nitroso groups, excluding NO2 is 1. The monoisotopic (exact) mass is 470 g/mol. The van der Waals surface area contributed by atoms with Gasteiger partial charge in [-0.1, -0.05) is 12.1 Å². The summed E-state index contributed by atoms with van der Waals surface area (Å²) in [5, 5.41) is 7.99. The van der Waals surface area contributed by atoms with Crippen LogP contribution in [0.1, 0.15) is 21.7 Å². The van der Waals surface area contributed by atoms with E-state index >= 15 is 0 Å². The van der Waals surface area contributed by atoms with Crippen LogP contribution in [0.2, 0.25) is 0 Å². The molecular formula is C20H18N6O4S2. The number of hydrogen-bond donors (Lipinski definition) is 3. The summed E-state index contributed by atoms with van der Waals surface area (Å²) in [5.41, 5.74) is 1.78. The number of hydrogen-bond acceptors (Lipinski definition) is 8. The largest absolute Gasteiger partial charge is 0.332 e.